The minimum absolute atomic E-state index is 0.0128. The number of benzene rings is 2. The lowest BCUT2D eigenvalue weighted by Crippen LogP contribution is -2.53. The van der Waals surface area contributed by atoms with Crippen LogP contribution in [0.2, 0.25) is 0 Å². The fourth-order valence-electron chi connectivity index (χ4n) is 6.18. The van der Waals surface area contributed by atoms with Gasteiger partial charge in [-0.15, -0.1) is 11.8 Å². The van der Waals surface area contributed by atoms with Gasteiger partial charge in [-0.25, -0.2) is 8.42 Å². The van der Waals surface area contributed by atoms with Gasteiger partial charge in [0.1, 0.15) is 33.9 Å². The van der Waals surface area contributed by atoms with Crippen LogP contribution in [0.15, 0.2) is 65.8 Å². The fourth-order valence-corrected chi connectivity index (χ4v) is 7.73. The van der Waals surface area contributed by atoms with Gasteiger partial charge in [-0.3, -0.25) is 9.78 Å². The van der Waals surface area contributed by atoms with Crippen molar-refractivity contribution in [2.24, 2.45) is 0 Å². The van der Waals surface area contributed by atoms with E-state index in [9.17, 15) is 33.6 Å². The topological polar surface area (TPSA) is 190 Å². The SMILES string of the molecule is Cc1ccc(SCCCN(CCCS(C)(=O)=O)C(=O)[C@@H](O)[C@@H](O)[C@H](O)[C@@H](O)CO)cc1CNC1(c2cnccc2-c2ccccc2OC2CC2)CC1. The predicted octanol–water partition coefficient (Wildman–Crippen LogP) is 2.56. The molecule has 0 aliphatic heterocycles. The predicted molar refractivity (Wildman–Crippen MR) is 200 cm³/mol. The molecule has 1 aromatic heterocycles. The van der Waals surface area contributed by atoms with Gasteiger partial charge in [0, 0.05) is 54.3 Å². The molecule has 1 heterocycles. The third-order valence-corrected chi connectivity index (χ3v) is 11.7. The number of aryl methyl sites for hydroxylation is 1. The number of rotatable bonds is 21. The molecule has 0 unspecified atom stereocenters. The number of aromatic nitrogens is 1. The summed E-state index contributed by atoms with van der Waals surface area (Å²) in [6, 6.07) is 16.6. The molecule has 2 aromatic carbocycles. The van der Waals surface area contributed by atoms with Gasteiger partial charge >= 0.3 is 0 Å². The summed E-state index contributed by atoms with van der Waals surface area (Å²) in [7, 11) is -3.29. The van der Waals surface area contributed by atoms with Gasteiger partial charge < -0.3 is 40.5 Å². The number of carbonyl (C=O) groups excluding carboxylic acids is 1. The van der Waals surface area contributed by atoms with Crippen molar-refractivity contribution in [2.45, 2.75) is 92.9 Å². The molecule has 6 N–H and O–H groups in total. The summed E-state index contributed by atoms with van der Waals surface area (Å²) in [6.45, 7) is 2.06. The summed E-state index contributed by atoms with van der Waals surface area (Å²) in [6.07, 6.45) is 2.17. The minimum atomic E-state index is -3.29. The number of amides is 1. The van der Waals surface area contributed by atoms with E-state index in [1.165, 1.54) is 4.90 Å². The highest BCUT2D eigenvalue weighted by atomic mass is 32.2. The molecule has 0 bridgehead atoms. The van der Waals surface area contributed by atoms with E-state index >= 15 is 0 Å². The molecule has 0 radical (unpaired) electrons. The van der Waals surface area contributed by atoms with Crippen molar-refractivity contribution in [1.82, 2.24) is 15.2 Å². The van der Waals surface area contributed by atoms with E-state index in [0.717, 1.165) is 70.4 Å². The van der Waals surface area contributed by atoms with E-state index < -0.39 is 46.8 Å². The van der Waals surface area contributed by atoms with Crippen LogP contribution in [0.4, 0.5) is 0 Å². The van der Waals surface area contributed by atoms with Crippen LogP contribution in [0.5, 0.6) is 5.75 Å². The van der Waals surface area contributed by atoms with Crippen molar-refractivity contribution in [3.8, 4) is 16.9 Å². The molecule has 0 spiro atoms. The summed E-state index contributed by atoms with van der Waals surface area (Å²) in [4.78, 5) is 19.9. The quantitative estimate of drug-likeness (QED) is 0.0690. The van der Waals surface area contributed by atoms with Crippen molar-refractivity contribution in [2.75, 3.05) is 37.5 Å². The minimum Gasteiger partial charge on any atom is -0.490 e. The Labute approximate surface area is 310 Å². The molecule has 12 nitrogen and oxygen atoms in total. The van der Waals surface area contributed by atoms with Gasteiger partial charge in [0.05, 0.1) is 18.5 Å². The molecule has 2 fully saturated rings. The Morgan fingerprint density at radius 1 is 1.04 bits per heavy atom. The number of carbonyl (C=O) groups is 1. The second-order valence-corrected chi connectivity index (χ2v) is 17.4. The van der Waals surface area contributed by atoms with Crippen molar-refractivity contribution in [3.05, 3.63) is 77.6 Å². The first-order chi connectivity index (χ1) is 24.8. The maximum Gasteiger partial charge on any atom is 0.254 e. The lowest BCUT2D eigenvalue weighted by atomic mass is 9.94. The third kappa shape index (κ3) is 10.8. The molecule has 2 saturated carbocycles. The standard InChI is InChI=1S/C38H51N3O9S2/c1-25-9-12-28(51-19-5-17-41(18-6-20-52(2,48)49)37(47)36(46)35(45)34(44)32(43)24-42)21-26(25)22-40-38(14-15-38)31-23-39-16-13-29(31)30-7-3-4-8-33(30)50-27-10-11-27/h3-4,7-9,12-13,16,21,23,27,32,34-36,40,42-46H,5-6,10-11,14-15,17-20,22,24H2,1-2H3/t32-,34+,35-,36-/m0/s1. The molecule has 5 rings (SSSR count). The number of hydrogen-bond acceptors (Lipinski definition) is 12. The highest BCUT2D eigenvalue weighted by Crippen LogP contribution is 2.50. The first kappa shape index (κ1) is 40.1. The Morgan fingerprint density at radius 3 is 2.46 bits per heavy atom. The smallest absolute Gasteiger partial charge is 0.254 e. The van der Waals surface area contributed by atoms with E-state index in [1.54, 1.807) is 11.8 Å². The number of ether oxygens (including phenoxy) is 1. The molecule has 0 saturated heterocycles. The van der Waals surface area contributed by atoms with Crippen LogP contribution in [0.3, 0.4) is 0 Å². The molecular weight excluding hydrogens is 707 g/mol. The van der Waals surface area contributed by atoms with Crippen LogP contribution in [0, 0.1) is 6.92 Å². The number of thioether (sulfide) groups is 1. The highest BCUT2D eigenvalue weighted by molar-refractivity contribution is 7.99. The van der Waals surface area contributed by atoms with E-state index in [2.05, 4.69) is 47.6 Å². The third-order valence-electron chi connectivity index (χ3n) is 9.62. The molecule has 3 aromatic rings. The Morgan fingerprint density at radius 2 is 1.77 bits per heavy atom. The van der Waals surface area contributed by atoms with Crippen molar-refractivity contribution < 1.29 is 43.5 Å². The van der Waals surface area contributed by atoms with Crippen LogP contribution >= 0.6 is 11.8 Å². The van der Waals surface area contributed by atoms with Gasteiger partial charge in [-0.2, -0.15) is 0 Å². The zero-order valence-electron chi connectivity index (χ0n) is 29.7. The summed E-state index contributed by atoms with van der Waals surface area (Å²) in [5.41, 5.74) is 5.50. The number of sulfone groups is 1. The molecular formula is C38H51N3O9S2. The highest BCUT2D eigenvalue weighted by Gasteiger charge is 2.46. The zero-order chi connectivity index (χ0) is 37.5. The van der Waals surface area contributed by atoms with Gasteiger partial charge in [-0.1, -0.05) is 24.3 Å². The Bertz CT molecular complexity index is 1770. The maximum absolute atomic E-state index is 13.1. The molecule has 4 atom stereocenters. The first-order valence-corrected chi connectivity index (χ1v) is 20.8. The van der Waals surface area contributed by atoms with Gasteiger partial charge in [0.25, 0.3) is 5.91 Å². The monoisotopic (exact) mass is 757 g/mol. The fraction of sp³-hybridized carbons (Fsp3) is 0.526. The van der Waals surface area contributed by atoms with Crippen LogP contribution < -0.4 is 10.1 Å². The second-order valence-electron chi connectivity index (χ2n) is 13.9. The number of nitrogens with one attached hydrogen (secondary N) is 1. The number of pyridine rings is 1. The Kier molecular flexibility index (Phi) is 13.8. The summed E-state index contributed by atoms with van der Waals surface area (Å²) in [5.74, 6) is 0.452. The Hall–Kier alpha value is -3.08. The van der Waals surface area contributed by atoms with E-state index in [4.69, 9.17) is 9.84 Å². The van der Waals surface area contributed by atoms with Gasteiger partial charge in [0.2, 0.25) is 0 Å². The zero-order valence-corrected chi connectivity index (χ0v) is 31.4. The van der Waals surface area contributed by atoms with Crippen molar-refractivity contribution >= 4 is 27.5 Å². The number of aliphatic hydroxyl groups is 5. The van der Waals surface area contributed by atoms with Gasteiger partial charge in [-0.05, 0) is 97.7 Å². The number of nitrogens with zero attached hydrogens (tertiary/aromatic N) is 2. The summed E-state index contributed by atoms with van der Waals surface area (Å²) < 4.78 is 29.7. The summed E-state index contributed by atoms with van der Waals surface area (Å²) >= 11 is 1.61. The normalized spacial score (nSPS) is 17.6. The molecule has 1 amide bonds. The van der Waals surface area contributed by atoms with E-state index in [1.807, 2.05) is 30.6 Å². The van der Waals surface area contributed by atoms with Crippen LogP contribution in [-0.2, 0) is 26.7 Å². The number of para-hydroxylation sites is 1. The van der Waals surface area contributed by atoms with E-state index in [0.29, 0.717) is 24.8 Å². The molecule has 2 aliphatic rings. The Balaban J connectivity index is 1.20. The van der Waals surface area contributed by atoms with Crippen LogP contribution in [0.1, 0.15) is 55.2 Å². The second kappa shape index (κ2) is 17.8. The van der Waals surface area contributed by atoms with Crippen molar-refractivity contribution in [1.29, 1.82) is 0 Å². The molecule has 2 aliphatic carbocycles. The first-order valence-electron chi connectivity index (χ1n) is 17.8. The summed E-state index contributed by atoms with van der Waals surface area (Å²) in [5, 5.41) is 53.3. The van der Waals surface area contributed by atoms with Crippen molar-refractivity contribution in [3.63, 3.8) is 0 Å². The van der Waals surface area contributed by atoms with E-state index in [-0.39, 0.29) is 30.8 Å². The lowest BCUT2D eigenvalue weighted by molar-refractivity contribution is -0.158. The average molecular weight is 758 g/mol. The number of aliphatic hydroxyl groups excluding tert-OH is 5. The average Bonchev–Trinajstić information content (AvgIpc) is 4.08. The lowest BCUT2D eigenvalue weighted by Gasteiger charge is -2.30. The largest absolute Gasteiger partial charge is 0.490 e. The van der Waals surface area contributed by atoms with Crippen LogP contribution in [0.25, 0.3) is 11.1 Å². The number of hydrogen-bond donors (Lipinski definition) is 6. The molecule has 284 valence electrons. The molecule has 52 heavy (non-hydrogen) atoms. The van der Waals surface area contributed by atoms with Gasteiger partial charge in [0.15, 0.2) is 6.10 Å². The maximum atomic E-state index is 13.1. The van der Waals surface area contributed by atoms with Crippen LogP contribution in [-0.4, -0.2) is 118 Å². The molecule has 14 heteroatoms.